The number of aromatic nitrogens is 3. The van der Waals surface area contributed by atoms with E-state index in [0.717, 1.165) is 12.1 Å². The molecule has 0 aliphatic rings. The van der Waals surface area contributed by atoms with E-state index in [0.29, 0.717) is 28.2 Å². The largest absolute Gasteiger partial charge is 0.416 e. The number of benzene rings is 1. The molecule has 102 valence electrons. The molecule has 2 heterocycles. The van der Waals surface area contributed by atoms with E-state index in [1.54, 1.807) is 12.1 Å². The lowest BCUT2D eigenvalue weighted by Crippen LogP contribution is -2.04. The number of aromatic amines is 1. The number of rotatable bonds is 1. The first-order valence-electron chi connectivity index (χ1n) is 5.72. The number of hydrogen-bond donors (Lipinski definition) is 2. The number of hydrogen-bond acceptors (Lipinski definition) is 3. The van der Waals surface area contributed by atoms with Crippen LogP contribution >= 0.6 is 0 Å². The first-order chi connectivity index (χ1) is 9.43. The summed E-state index contributed by atoms with van der Waals surface area (Å²) < 4.78 is 38.0. The van der Waals surface area contributed by atoms with Gasteiger partial charge in [0.15, 0.2) is 5.65 Å². The van der Waals surface area contributed by atoms with Gasteiger partial charge < -0.3 is 10.7 Å². The molecule has 20 heavy (non-hydrogen) atoms. The summed E-state index contributed by atoms with van der Waals surface area (Å²) in [5.41, 5.74) is 6.65. The molecule has 0 amide bonds. The minimum absolute atomic E-state index is 0.323. The Bertz CT molecular complexity index is 777. The predicted octanol–water partition coefficient (Wildman–Crippen LogP) is 3.23. The number of H-pyrrole nitrogens is 1. The molecule has 0 aliphatic heterocycles. The third-order valence-electron chi connectivity index (χ3n) is 2.82. The molecule has 4 nitrogen and oxygen atoms in total. The summed E-state index contributed by atoms with van der Waals surface area (Å²) in [6, 6.07) is 6.56. The molecule has 0 radical (unpaired) electrons. The van der Waals surface area contributed by atoms with E-state index in [4.69, 9.17) is 5.73 Å². The zero-order valence-electron chi connectivity index (χ0n) is 10.1. The molecule has 0 aliphatic carbocycles. The van der Waals surface area contributed by atoms with E-state index < -0.39 is 11.7 Å². The van der Waals surface area contributed by atoms with Crippen LogP contribution in [0.25, 0.3) is 22.6 Å². The topological polar surface area (TPSA) is 67.6 Å². The van der Waals surface area contributed by atoms with Gasteiger partial charge in [-0.15, -0.1) is 0 Å². The number of nitrogens with one attached hydrogen (secondary N) is 1. The molecule has 0 atom stereocenters. The maximum atomic E-state index is 12.7. The van der Waals surface area contributed by atoms with E-state index in [9.17, 15) is 13.2 Å². The van der Waals surface area contributed by atoms with Gasteiger partial charge in [0, 0.05) is 5.56 Å². The maximum absolute atomic E-state index is 12.7. The van der Waals surface area contributed by atoms with E-state index in [2.05, 4.69) is 15.0 Å². The van der Waals surface area contributed by atoms with Crippen molar-refractivity contribution in [3.63, 3.8) is 0 Å². The number of anilines is 1. The van der Waals surface area contributed by atoms with Crippen LogP contribution in [0, 0.1) is 0 Å². The van der Waals surface area contributed by atoms with Crippen LogP contribution in [0.5, 0.6) is 0 Å². The maximum Gasteiger partial charge on any atom is 0.416 e. The van der Waals surface area contributed by atoms with Crippen LogP contribution in [0.15, 0.2) is 36.5 Å². The van der Waals surface area contributed by atoms with Crippen molar-refractivity contribution in [1.29, 1.82) is 0 Å². The third kappa shape index (κ3) is 2.18. The van der Waals surface area contributed by atoms with Crippen LogP contribution in [-0.2, 0) is 6.18 Å². The Morgan fingerprint density at radius 2 is 1.95 bits per heavy atom. The number of imidazole rings is 1. The molecule has 0 unspecified atom stereocenters. The Morgan fingerprint density at radius 3 is 2.70 bits per heavy atom. The quantitative estimate of drug-likeness (QED) is 0.718. The Labute approximate surface area is 111 Å². The molecule has 1 aromatic carbocycles. The van der Waals surface area contributed by atoms with Gasteiger partial charge in [0.2, 0.25) is 0 Å². The van der Waals surface area contributed by atoms with Crippen molar-refractivity contribution in [3.8, 4) is 11.4 Å². The number of nitrogen functional groups attached to an aromatic ring is 1. The van der Waals surface area contributed by atoms with Gasteiger partial charge in [0.05, 0.1) is 17.4 Å². The Kier molecular flexibility index (Phi) is 2.63. The Morgan fingerprint density at radius 1 is 1.15 bits per heavy atom. The van der Waals surface area contributed by atoms with Gasteiger partial charge in [-0.05, 0) is 18.2 Å². The predicted molar refractivity (Wildman–Crippen MR) is 68.7 cm³/mol. The Balaban J connectivity index is 2.11. The summed E-state index contributed by atoms with van der Waals surface area (Å²) in [5.74, 6) is 0.323. The minimum Gasteiger partial charge on any atom is -0.397 e. The first-order valence-corrected chi connectivity index (χ1v) is 5.72. The average molecular weight is 278 g/mol. The molecule has 3 rings (SSSR count). The van der Waals surface area contributed by atoms with Gasteiger partial charge in [0.25, 0.3) is 0 Å². The highest BCUT2D eigenvalue weighted by molar-refractivity contribution is 5.78. The fourth-order valence-corrected chi connectivity index (χ4v) is 1.89. The zero-order valence-corrected chi connectivity index (χ0v) is 10.1. The van der Waals surface area contributed by atoms with Crippen LogP contribution < -0.4 is 5.73 Å². The average Bonchev–Trinajstić information content (AvgIpc) is 2.81. The summed E-state index contributed by atoms with van der Waals surface area (Å²) in [6.07, 6.45) is -2.93. The number of fused-ring (bicyclic) bond motifs is 1. The smallest absolute Gasteiger partial charge is 0.397 e. The van der Waals surface area contributed by atoms with E-state index in [1.807, 2.05) is 0 Å². The van der Waals surface area contributed by atoms with Crippen LogP contribution in [0.2, 0.25) is 0 Å². The van der Waals surface area contributed by atoms with Crippen molar-refractivity contribution in [2.45, 2.75) is 6.18 Å². The number of pyridine rings is 1. The van der Waals surface area contributed by atoms with Crippen molar-refractivity contribution in [1.82, 2.24) is 15.0 Å². The molecule has 3 N–H and O–H groups in total. The van der Waals surface area contributed by atoms with Crippen LogP contribution in [0.3, 0.4) is 0 Å². The summed E-state index contributed by atoms with van der Waals surface area (Å²) in [7, 11) is 0. The van der Waals surface area contributed by atoms with Gasteiger partial charge in [-0.2, -0.15) is 13.2 Å². The summed E-state index contributed by atoms with van der Waals surface area (Å²) in [4.78, 5) is 11.1. The lowest BCUT2D eigenvalue weighted by atomic mass is 10.1. The number of nitrogens with two attached hydrogens (primary N) is 1. The van der Waals surface area contributed by atoms with Crippen LogP contribution in [-0.4, -0.2) is 15.0 Å². The molecule has 7 heteroatoms. The van der Waals surface area contributed by atoms with Crippen molar-refractivity contribution in [3.05, 3.63) is 42.1 Å². The molecule has 0 saturated carbocycles. The van der Waals surface area contributed by atoms with E-state index in [1.165, 1.54) is 12.3 Å². The van der Waals surface area contributed by atoms with Gasteiger partial charge in [-0.25, -0.2) is 9.97 Å². The second kappa shape index (κ2) is 4.22. The standard InChI is InChI=1S/C13H9F3N4/c14-13(15,16)8-3-1-2-7(4-8)11-19-10-5-9(17)6-18-12(10)20-11/h1-6H,17H2,(H,18,19,20). The fourth-order valence-electron chi connectivity index (χ4n) is 1.89. The van der Waals surface area contributed by atoms with E-state index >= 15 is 0 Å². The molecular weight excluding hydrogens is 269 g/mol. The third-order valence-corrected chi connectivity index (χ3v) is 2.82. The highest BCUT2D eigenvalue weighted by atomic mass is 19.4. The van der Waals surface area contributed by atoms with Crippen LogP contribution in [0.1, 0.15) is 5.56 Å². The molecule has 0 saturated heterocycles. The molecule has 0 fully saturated rings. The molecular formula is C13H9F3N4. The molecule has 0 bridgehead atoms. The van der Waals surface area contributed by atoms with Gasteiger partial charge in [-0.3, -0.25) is 0 Å². The Hall–Kier alpha value is -2.57. The second-order valence-corrected chi connectivity index (χ2v) is 4.30. The summed E-state index contributed by atoms with van der Waals surface area (Å²) in [5, 5.41) is 0. The van der Waals surface area contributed by atoms with Gasteiger partial charge in [-0.1, -0.05) is 12.1 Å². The second-order valence-electron chi connectivity index (χ2n) is 4.30. The minimum atomic E-state index is -4.38. The molecule has 2 aromatic heterocycles. The van der Waals surface area contributed by atoms with Gasteiger partial charge >= 0.3 is 6.18 Å². The lowest BCUT2D eigenvalue weighted by molar-refractivity contribution is -0.137. The highest BCUT2D eigenvalue weighted by Crippen LogP contribution is 2.31. The molecule has 0 spiro atoms. The van der Waals surface area contributed by atoms with Crippen molar-refractivity contribution < 1.29 is 13.2 Å². The number of nitrogens with zero attached hydrogens (tertiary/aromatic N) is 2. The number of halogens is 3. The van der Waals surface area contributed by atoms with Crippen molar-refractivity contribution >= 4 is 16.9 Å². The van der Waals surface area contributed by atoms with E-state index in [-0.39, 0.29) is 0 Å². The first kappa shape index (κ1) is 12.5. The lowest BCUT2D eigenvalue weighted by Gasteiger charge is -2.07. The molecule has 3 aromatic rings. The highest BCUT2D eigenvalue weighted by Gasteiger charge is 2.30. The SMILES string of the molecule is Nc1cnc2[nH]c(-c3cccc(C(F)(F)F)c3)nc2c1. The summed E-state index contributed by atoms with van der Waals surface area (Å²) >= 11 is 0. The normalized spacial score (nSPS) is 11.9. The van der Waals surface area contributed by atoms with Crippen LogP contribution in [0.4, 0.5) is 18.9 Å². The summed E-state index contributed by atoms with van der Waals surface area (Å²) in [6.45, 7) is 0. The fraction of sp³-hybridized carbons (Fsp3) is 0.0769. The number of alkyl halides is 3. The zero-order chi connectivity index (χ0) is 14.3. The van der Waals surface area contributed by atoms with Crippen molar-refractivity contribution in [2.75, 3.05) is 5.73 Å². The monoisotopic (exact) mass is 278 g/mol. The van der Waals surface area contributed by atoms with Crippen molar-refractivity contribution in [2.24, 2.45) is 0 Å². The van der Waals surface area contributed by atoms with Gasteiger partial charge in [0.1, 0.15) is 11.3 Å².